The molecule has 69 heavy (non-hydrogen) atoms. The van der Waals surface area contributed by atoms with Gasteiger partial charge in [0.2, 0.25) is 29.5 Å². The third-order valence-corrected chi connectivity index (χ3v) is 14.5. The van der Waals surface area contributed by atoms with E-state index in [0.29, 0.717) is 53.7 Å². The molecule has 364 valence electrons. The van der Waals surface area contributed by atoms with Gasteiger partial charge in [-0.05, 0) is 91.4 Å². The standard InChI is InChI=1S/C49H53F2N6O10PS/c1-29-14-17-33(18-15-29)55(25-22-40(58)52-23-7-5-6-10-30-11-8-12-34-35(30)28-57(45(34)62)36-19-21-41(59)53-43(36)60)46(63)37-13-9-24-56(37)47(64)42(48(2,3)4)54-44(61)39-27-31-26-32(16-20-38(31)69-39)49(50,51)68(65,66)67/h8,11-12,14-18,20,26-27,36-37,42H,5,7,9,13,19,21-25,28H2,1-4H3,(H,52,58)(H,54,61)(H,53,59,60)(H2,65,66,67)/t36?,37-,42+/m0/s1. The van der Waals surface area contributed by atoms with Crippen LogP contribution in [0.25, 0.3) is 10.1 Å². The van der Waals surface area contributed by atoms with Crippen molar-refractivity contribution in [3.8, 4) is 11.8 Å². The lowest BCUT2D eigenvalue weighted by Crippen LogP contribution is -2.58. The fourth-order valence-electron chi connectivity index (χ4n) is 8.65. The van der Waals surface area contributed by atoms with E-state index < -0.39 is 66.0 Å². The molecule has 3 aliphatic rings. The van der Waals surface area contributed by atoms with Gasteiger partial charge in [0, 0.05) is 72.5 Å². The highest BCUT2D eigenvalue weighted by atomic mass is 32.1. The number of carbonyl (C=O) groups excluding carboxylic acids is 7. The predicted molar refractivity (Wildman–Crippen MR) is 253 cm³/mol. The summed E-state index contributed by atoms with van der Waals surface area (Å²) < 4.78 is 40.9. The molecule has 0 radical (unpaired) electrons. The van der Waals surface area contributed by atoms with Gasteiger partial charge in [-0.1, -0.05) is 62.4 Å². The Morgan fingerprint density at radius 2 is 1.75 bits per heavy atom. The molecule has 7 rings (SSSR count). The average Bonchev–Trinajstić information content (AvgIpc) is 4.04. The van der Waals surface area contributed by atoms with Gasteiger partial charge in [-0.25, -0.2) is 0 Å². The Hall–Kier alpha value is -6.32. The molecule has 0 bridgehead atoms. The fraction of sp³-hybridized carbons (Fsp3) is 0.408. The zero-order valence-corrected chi connectivity index (χ0v) is 40.2. The van der Waals surface area contributed by atoms with Gasteiger partial charge in [0.25, 0.3) is 11.8 Å². The Balaban J connectivity index is 0.965. The van der Waals surface area contributed by atoms with Gasteiger partial charge >= 0.3 is 13.3 Å². The Labute approximate surface area is 401 Å². The molecule has 3 atom stereocenters. The predicted octanol–water partition coefficient (Wildman–Crippen LogP) is 5.70. The molecular formula is C49H53F2N6O10PS. The highest BCUT2D eigenvalue weighted by Crippen LogP contribution is 2.59. The molecule has 0 saturated carbocycles. The van der Waals surface area contributed by atoms with Crippen LogP contribution in [0.2, 0.25) is 0 Å². The summed E-state index contributed by atoms with van der Waals surface area (Å²) in [5.74, 6) is 3.23. The molecule has 4 aromatic rings. The molecule has 16 nitrogen and oxygen atoms in total. The number of carbonyl (C=O) groups is 7. The second kappa shape index (κ2) is 20.3. The van der Waals surface area contributed by atoms with E-state index >= 15 is 0 Å². The molecule has 3 aromatic carbocycles. The maximum Gasteiger partial charge on any atom is 0.399 e. The number of hydrogen-bond acceptors (Lipinski definition) is 9. The number of thiophene rings is 1. The van der Waals surface area contributed by atoms with Crippen molar-refractivity contribution in [2.45, 2.75) is 103 Å². The Kier molecular flexibility index (Phi) is 14.9. The topological polar surface area (TPSA) is 223 Å². The number of amides is 7. The van der Waals surface area contributed by atoms with Crippen LogP contribution in [-0.4, -0.2) is 98.7 Å². The lowest BCUT2D eigenvalue weighted by Gasteiger charge is -2.36. The van der Waals surface area contributed by atoms with Crippen molar-refractivity contribution in [1.29, 1.82) is 0 Å². The number of fused-ring (bicyclic) bond motifs is 2. The van der Waals surface area contributed by atoms with Gasteiger partial charge in [0.1, 0.15) is 18.1 Å². The highest BCUT2D eigenvalue weighted by molar-refractivity contribution is 7.52. The number of aryl methyl sites for hydroxylation is 1. The minimum Gasteiger partial charge on any atom is -0.356 e. The van der Waals surface area contributed by atoms with Crippen LogP contribution < -0.4 is 20.9 Å². The molecule has 0 spiro atoms. The van der Waals surface area contributed by atoms with Crippen molar-refractivity contribution in [2.75, 3.05) is 24.5 Å². The van der Waals surface area contributed by atoms with E-state index in [1.54, 1.807) is 51.1 Å². The third-order valence-electron chi connectivity index (χ3n) is 12.4. The SMILES string of the molecule is Cc1ccc(N(CCC(=O)NCCCC#Cc2cccc3c2CN(C2CCC(=O)NC2=O)C3=O)C(=O)[C@@H]2CCCN2C(=O)[C@@H](NC(=O)c2cc3cc(C(F)(F)P(=O)(O)O)ccc3s2)C(C)(C)C)cc1. The van der Waals surface area contributed by atoms with E-state index in [9.17, 15) is 56.7 Å². The van der Waals surface area contributed by atoms with Crippen molar-refractivity contribution in [1.82, 2.24) is 25.8 Å². The molecule has 1 aromatic heterocycles. The minimum absolute atomic E-state index is 0.00687. The Morgan fingerprint density at radius 3 is 2.45 bits per heavy atom. The fourth-order valence-corrected chi connectivity index (χ4v) is 10.1. The second-order valence-corrected chi connectivity index (χ2v) is 21.2. The Morgan fingerprint density at radius 1 is 1.01 bits per heavy atom. The number of nitrogens with zero attached hydrogens (tertiary/aromatic N) is 3. The first kappa shape index (κ1) is 50.6. The highest BCUT2D eigenvalue weighted by Gasteiger charge is 2.50. The summed E-state index contributed by atoms with van der Waals surface area (Å²) in [5.41, 5.74) is -2.87. The van der Waals surface area contributed by atoms with E-state index in [2.05, 4.69) is 27.8 Å². The molecular weight excluding hydrogens is 934 g/mol. The summed E-state index contributed by atoms with van der Waals surface area (Å²) in [6, 6.07) is 14.1. The van der Waals surface area contributed by atoms with Crippen LogP contribution >= 0.6 is 18.9 Å². The van der Waals surface area contributed by atoms with Gasteiger partial charge in [-0.3, -0.25) is 43.4 Å². The quantitative estimate of drug-likeness (QED) is 0.0449. The molecule has 0 aliphatic carbocycles. The van der Waals surface area contributed by atoms with Gasteiger partial charge in [0.15, 0.2) is 0 Å². The van der Waals surface area contributed by atoms with Crippen molar-refractivity contribution >= 4 is 76.1 Å². The smallest absolute Gasteiger partial charge is 0.356 e. The number of nitrogens with one attached hydrogen (secondary N) is 3. The number of rotatable bonds is 14. The van der Waals surface area contributed by atoms with Gasteiger partial charge in [0.05, 0.1) is 4.88 Å². The molecule has 3 aliphatic heterocycles. The monoisotopic (exact) mass is 986 g/mol. The summed E-state index contributed by atoms with van der Waals surface area (Å²) >= 11 is 0.957. The van der Waals surface area contributed by atoms with Crippen LogP contribution in [0.1, 0.15) is 108 Å². The zero-order chi connectivity index (χ0) is 50.0. The third kappa shape index (κ3) is 11.1. The number of likely N-dealkylation sites (tertiary alicyclic amines) is 1. The number of anilines is 1. The Bertz CT molecular complexity index is 2830. The van der Waals surface area contributed by atoms with Crippen LogP contribution in [0.15, 0.2) is 66.7 Å². The van der Waals surface area contributed by atoms with Crippen LogP contribution in [-0.2, 0) is 40.7 Å². The maximum atomic E-state index is 14.5. The van der Waals surface area contributed by atoms with E-state index in [0.717, 1.165) is 34.6 Å². The largest absolute Gasteiger partial charge is 0.399 e. The van der Waals surface area contributed by atoms with Crippen LogP contribution in [0.3, 0.4) is 0 Å². The van der Waals surface area contributed by atoms with E-state index in [1.165, 1.54) is 26.8 Å². The van der Waals surface area contributed by atoms with Crippen molar-refractivity contribution in [2.24, 2.45) is 5.41 Å². The van der Waals surface area contributed by atoms with E-state index in [1.807, 2.05) is 19.1 Å². The first-order chi connectivity index (χ1) is 32.5. The molecule has 20 heteroatoms. The van der Waals surface area contributed by atoms with Crippen LogP contribution in [0.5, 0.6) is 0 Å². The lowest BCUT2D eigenvalue weighted by atomic mass is 9.85. The average molecular weight is 987 g/mol. The number of imide groups is 1. The van der Waals surface area contributed by atoms with E-state index in [4.69, 9.17) is 0 Å². The zero-order valence-electron chi connectivity index (χ0n) is 38.5. The summed E-state index contributed by atoms with van der Waals surface area (Å²) in [7, 11) is -5.83. The number of alkyl halides is 2. The van der Waals surface area contributed by atoms with E-state index in [-0.39, 0.29) is 66.9 Å². The first-order valence-corrected chi connectivity index (χ1v) is 25.0. The molecule has 2 saturated heterocycles. The van der Waals surface area contributed by atoms with Crippen molar-refractivity contribution < 1.29 is 56.7 Å². The van der Waals surface area contributed by atoms with Gasteiger partial charge in [-0.15, -0.1) is 11.3 Å². The number of halogens is 2. The molecule has 2 fully saturated rings. The van der Waals surface area contributed by atoms with Gasteiger partial charge < -0.3 is 35.1 Å². The first-order valence-electron chi connectivity index (χ1n) is 22.5. The molecule has 4 heterocycles. The molecule has 5 N–H and O–H groups in total. The summed E-state index contributed by atoms with van der Waals surface area (Å²) in [6.07, 6.45) is 2.15. The normalized spacial score (nSPS) is 17.8. The summed E-state index contributed by atoms with van der Waals surface area (Å²) in [6.45, 7) is 7.92. The molecule has 1 unspecified atom stereocenters. The summed E-state index contributed by atoms with van der Waals surface area (Å²) in [5, 5.41) is 8.15. The number of piperidine rings is 1. The van der Waals surface area contributed by atoms with Crippen LogP contribution in [0, 0.1) is 24.2 Å². The number of unbranched alkanes of at least 4 members (excludes halogenated alkanes) is 1. The molecule has 7 amide bonds. The summed E-state index contributed by atoms with van der Waals surface area (Å²) in [4.78, 5) is 116. The number of benzene rings is 3. The number of hydrogen-bond donors (Lipinski definition) is 5. The maximum absolute atomic E-state index is 14.5. The van der Waals surface area contributed by atoms with Crippen molar-refractivity contribution in [3.63, 3.8) is 0 Å². The second-order valence-electron chi connectivity index (χ2n) is 18.5. The minimum atomic E-state index is -5.83. The lowest BCUT2D eigenvalue weighted by molar-refractivity contribution is -0.141. The van der Waals surface area contributed by atoms with Crippen molar-refractivity contribution in [3.05, 3.63) is 99.4 Å². The van der Waals surface area contributed by atoms with Crippen LogP contribution in [0.4, 0.5) is 14.5 Å². The van der Waals surface area contributed by atoms with Gasteiger partial charge in [-0.2, -0.15) is 8.78 Å².